The fraction of sp³-hybridized carbons (Fsp3) is 0.400. The molecule has 0 aromatic heterocycles. The first kappa shape index (κ1) is 17.6. The lowest BCUT2D eigenvalue weighted by Gasteiger charge is -2.46. The number of rotatable bonds is 2. The summed E-state index contributed by atoms with van der Waals surface area (Å²) in [5.41, 5.74) is 16.0. The van der Waals surface area contributed by atoms with Crippen molar-refractivity contribution in [3.8, 4) is 0 Å². The highest BCUT2D eigenvalue weighted by molar-refractivity contribution is 7.80. The molecule has 2 nitrogen and oxygen atoms in total. The van der Waals surface area contributed by atoms with Crippen molar-refractivity contribution in [1.82, 2.24) is 0 Å². The summed E-state index contributed by atoms with van der Waals surface area (Å²) in [4.78, 5) is 1.69. The Balaban J connectivity index is 2.23. The molecular formula is C20H26N2S2. The average Bonchev–Trinajstić information content (AvgIpc) is 2.55. The van der Waals surface area contributed by atoms with Crippen molar-refractivity contribution in [2.45, 2.75) is 48.3 Å². The van der Waals surface area contributed by atoms with Gasteiger partial charge in [-0.1, -0.05) is 32.4 Å². The smallest absolute Gasteiger partial charge is 0.0449 e. The summed E-state index contributed by atoms with van der Waals surface area (Å²) < 4.78 is 0. The van der Waals surface area contributed by atoms with Gasteiger partial charge >= 0.3 is 0 Å². The predicted octanol–water partition coefficient (Wildman–Crippen LogP) is 5.17. The summed E-state index contributed by atoms with van der Waals surface area (Å²) in [6.45, 7) is 4.70. The molecular weight excluding hydrogens is 332 g/mol. The Labute approximate surface area is 155 Å². The van der Waals surface area contributed by atoms with Crippen molar-refractivity contribution in [2.24, 2.45) is 11.8 Å². The van der Waals surface area contributed by atoms with Crippen LogP contribution in [0, 0.1) is 11.8 Å². The van der Waals surface area contributed by atoms with E-state index < -0.39 is 0 Å². The summed E-state index contributed by atoms with van der Waals surface area (Å²) in [7, 11) is 0. The van der Waals surface area contributed by atoms with Gasteiger partial charge in [0.05, 0.1) is 0 Å². The van der Waals surface area contributed by atoms with Gasteiger partial charge < -0.3 is 11.5 Å². The summed E-state index contributed by atoms with van der Waals surface area (Å²) in [6, 6.07) is 12.6. The summed E-state index contributed by atoms with van der Waals surface area (Å²) in [6.07, 6.45) is 3.59. The number of nitrogen functional groups attached to an aromatic ring is 2. The van der Waals surface area contributed by atoms with Gasteiger partial charge in [-0.3, -0.25) is 0 Å². The van der Waals surface area contributed by atoms with Crippen LogP contribution in [0.25, 0.3) is 0 Å². The Hall–Kier alpha value is -1.26. The first-order valence-corrected chi connectivity index (χ1v) is 9.42. The Morgan fingerprint density at radius 2 is 1.38 bits per heavy atom. The maximum absolute atomic E-state index is 6.00. The molecule has 0 bridgehead atoms. The molecule has 2 atom stereocenters. The molecule has 128 valence electrons. The number of benzene rings is 2. The van der Waals surface area contributed by atoms with Crippen LogP contribution in [0.4, 0.5) is 11.4 Å². The van der Waals surface area contributed by atoms with E-state index in [0.717, 1.165) is 27.6 Å². The second kappa shape index (κ2) is 6.57. The lowest BCUT2D eigenvalue weighted by molar-refractivity contribution is 0.193. The number of nitrogens with two attached hydrogens (primary N) is 2. The Morgan fingerprint density at radius 1 is 0.875 bits per heavy atom. The number of hydrogen-bond acceptors (Lipinski definition) is 4. The van der Waals surface area contributed by atoms with Crippen molar-refractivity contribution in [2.75, 3.05) is 11.5 Å². The molecule has 1 fully saturated rings. The second-order valence-corrected chi connectivity index (χ2v) is 8.27. The van der Waals surface area contributed by atoms with Crippen LogP contribution in [0.15, 0.2) is 46.2 Å². The highest BCUT2D eigenvalue weighted by Crippen LogP contribution is 2.51. The molecule has 3 rings (SSSR count). The minimum absolute atomic E-state index is 0.0476. The molecule has 2 aromatic rings. The lowest BCUT2D eigenvalue weighted by Crippen LogP contribution is -2.40. The highest BCUT2D eigenvalue weighted by atomic mass is 32.1. The third-order valence-corrected chi connectivity index (χ3v) is 6.47. The van der Waals surface area contributed by atoms with Crippen LogP contribution in [0.2, 0.25) is 0 Å². The molecule has 2 aromatic carbocycles. The first-order chi connectivity index (χ1) is 11.3. The summed E-state index contributed by atoms with van der Waals surface area (Å²) in [5.74, 6) is 1.20. The fourth-order valence-electron chi connectivity index (χ4n) is 4.25. The average molecular weight is 359 g/mol. The zero-order valence-corrected chi connectivity index (χ0v) is 16.1. The van der Waals surface area contributed by atoms with Crippen molar-refractivity contribution >= 4 is 36.6 Å². The second-order valence-electron chi connectivity index (χ2n) is 7.31. The minimum Gasteiger partial charge on any atom is -0.398 e. The molecule has 0 radical (unpaired) electrons. The molecule has 24 heavy (non-hydrogen) atoms. The molecule has 0 saturated heterocycles. The SMILES string of the molecule is CC1CCC(C)C(c2ccc(N)c(S)c2)(c2ccc(N)c(S)c2)C1. The maximum Gasteiger partial charge on any atom is 0.0449 e. The number of hydrogen-bond donors (Lipinski definition) is 4. The molecule has 0 spiro atoms. The van der Waals surface area contributed by atoms with E-state index in [2.05, 4.69) is 63.4 Å². The van der Waals surface area contributed by atoms with Gasteiger partial charge in [0.1, 0.15) is 0 Å². The molecule has 0 aliphatic heterocycles. The lowest BCUT2D eigenvalue weighted by atomic mass is 9.57. The van der Waals surface area contributed by atoms with Gasteiger partial charge in [0, 0.05) is 26.6 Å². The highest BCUT2D eigenvalue weighted by Gasteiger charge is 2.43. The largest absolute Gasteiger partial charge is 0.398 e. The van der Waals surface area contributed by atoms with Gasteiger partial charge in [-0.15, -0.1) is 25.3 Å². The standard InChI is InChI=1S/C20H26N2S2/c1-12-3-4-13(2)20(11-12,14-5-7-16(21)18(23)9-14)15-6-8-17(22)19(24)10-15/h5-10,12-13,23-24H,3-4,11,21-22H2,1-2H3. The van der Waals surface area contributed by atoms with Gasteiger partial charge in [0.2, 0.25) is 0 Å². The molecule has 4 N–H and O–H groups in total. The van der Waals surface area contributed by atoms with Crippen molar-refractivity contribution in [3.63, 3.8) is 0 Å². The third-order valence-electron chi connectivity index (χ3n) is 5.70. The molecule has 0 amide bonds. The Kier molecular flexibility index (Phi) is 4.80. The predicted molar refractivity (Wildman–Crippen MR) is 109 cm³/mol. The van der Waals surface area contributed by atoms with E-state index in [1.165, 1.54) is 24.0 Å². The topological polar surface area (TPSA) is 52.0 Å². The fourth-order valence-corrected chi connectivity index (χ4v) is 4.67. The maximum atomic E-state index is 6.00. The molecule has 4 heteroatoms. The van der Waals surface area contributed by atoms with E-state index in [9.17, 15) is 0 Å². The van der Waals surface area contributed by atoms with Gasteiger partial charge in [0.15, 0.2) is 0 Å². The number of anilines is 2. The monoisotopic (exact) mass is 358 g/mol. The van der Waals surface area contributed by atoms with Gasteiger partial charge in [-0.2, -0.15) is 0 Å². The van der Waals surface area contributed by atoms with E-state index in [0.29, 0.717) is 11.8 Å². The van der Waals surface area contributed by atoms with Gasteiger partial charge in [-0.25, -0.2) is 0 Å². The Bertz CT molecular complexity index is 706. The van der Waals surface area contributed by atoms with E-state index in [4.69, 9.17) is 11.5 Å². The first-order valence-electron chi connectivity index (χ1n) is 8.52. The van der Waals surface area contributed by atoms with E-state index in [-0.39, 0.29) is 5.41 Å². The minimum atomic E-state index is -0.0476. The van der Waals surface area contributed by atoms with Crippen LogP contribution in [0.3, 0.4) is 0 Å². The van der Waals surface area contributed by atoms with E-state index in [1.54, 1.807) is 0 Å². The number of thiol groups is 2. The van der Waals surface area contributed by atoms with Crippen LogP contribution >= 0.6 is 25.3 Å². The van der Waals surface area contributed by atoms with Crippen LogP contribution < -0.4 is 11.5 Å². The Morgan fingerprint density at radius 3 is 1.83 bits per heavy atom. The zero-order chi connectivity index (χ0) is 17.5. The van der Waals surface area contributed by atoms with Gasteiger partial charge in [0.25, 0.3) is 0 Å². The molecule has 0 heterocycles. The normalized spacial score (nSPS) is 23.2. The molecule has 1 saturated carbocycles. The van der Waals surface area contributed by atoms with Crippen LogP contribution in [-0.4, -0.2) is 0 Å². The van der Waals surface area contributed by atoms with Gasteiger partial charge in [-0.05, 0) is 60.1 Å². The summed E-state index contributed by atoms with van der Waals surface area (Å²) in [5, 5.41) is 0. The summed E-state index contributed by atoms with van der Waals surface area (Å²) >= 11 is 9.13. The van der Waals surface area contributed by atoms with Crippen molar-refractivity contribution in [3.05, 3.63) is 47.5 Å². The van der Waals surface area contributed by atoms with E-state index in [1.807, 2.05) is 12.1 Å². The van der Waals surface area contributed by atoms with Crippen LogP contribution in [-0.2, 0) is 5.41 Å². The van der Waals surface area contributed by atoms with Crippen LogP contribution in [0.5, 0.6) is 0 Å². The molecule has 2 unspecified atom stereocenters. The van der Waals surface area contributed by atoms with Crippen molar-refractivity contribution < 1.29 is 0 Å². The molecule has 1 aliphatic rings. The van der Waals surface area contributed by atoms with Crippen LogP contribution in [0.1, 0.15) is 44.2 Å². The molecule has 1 aliphatic carbocycles. The zero-order valence-electron chi connectivity index (χ0n) is 14.3. The van der Waals surface area contributed by atoms with Crippen molar-refractivity contribution in [1.29, 1.82) is 0 Å². The van der Waals surface area contributed by atoms with E-state index >= 15 is 0 Å². The third kappa shape index (κ3) is 2.91. The quantitative estimate of drug-likeness (QED) is 0.442.